The number of aliphatic carboxylic acids is 1. The van der Waals surface area contributed by atoms with E-state index in [1.165, 1.54) is 11.1 Å². The average molecular weight is 556 g/mol. The maximum atomic E-state index is 13.1. The Morgan fingerprint density at radius 3 is 2.32 bits per heavy atom. The van der Waals surface area contributed by atoms with E-state index in [2.05, 4.69) is 57.2 Å². The lowest BCUT2D eigenvalue weighted by Crippen LogP contribution is -2.25. The van der Waals surface area contributed by atoms with Gasteiger partial charge >= 0.3 is 11.7 Å². The van der Waals surface area contributed by atoms with Crippen molar-refractivity contribution in [3.63, 3.8) is 0 Å². The van der Waals surface area contributed by atoms with E-state index in [-0.39, 0.29) is 17.5 Å². The molecule has 1 N–H and O–H groups in total. The molecule has 0 atom stereocenters. The third-order valence-corrected chi connectivity index (χ3v) is 7.30. The van der Waals surface area contributed by atoms with Gasteiger partial charge < -0.3 is 9.84 Å². The zero-order chi connectivity index (χ0) is 29.6. The van der Waals surface area contributed by atoms with E-state index in [1.807, 2.05) is 44.2 Å². The van der Waals surface area contributed by atoms with E-state index in [0.29, 0.717) is 37.4 Å². The van der Waals surface area contributed by atoms with Crippen LogP contribution >= 0.6 is 0 Å². The van der Waals surface area contributed by atoms with Gasteiger partial charge in [0.2, 0.25) is 0 Å². The van der Waals surface area contributed by atoms with Crippen LogP contribution in [0, 0.1) is 0 Å². The molecule has 0 aliphatic rings. The maximum absolute atomic E-state index is 13.1. The first kappa shape index (κ1) is 29.8. The fourth-order valence-electron chi connectivity index (χ4n) is 5.09. The van der Waals surface area contributed by atoms with Gasteiger partial charge in [0, 0.05) is 18.5 Å². The molecule has 0 unspecified atom stereocenters. The van der Waals surface area contributed by atoms with Crippen molar-refractivity contribution in [1.29, 1.82) is 0 Å². The van der Waals surface area contributed by atoms with Crippen LogP contribution in [0.15, 0.2) is 71.5 Å². The van der Waals surface area contributed by atoms with Gasteiger partial charge in [-0.2, -0.15) is 5.10 Å². The Morgan fingerprint density at radius 2 is 1.66 bits per heavy atom. The summed E-state index contributed by atoms with van der Waals surface area (Å²) in [7, 11) is 0. The number of ether oxygens (including phenoxy) is 1. The Bertz CT molecular complexity index is 1540. The number of nitrogens with zero attached hydrogens (tertiary/aromatic N) is 3. The number of aromatic nitrogens is 3. The second kappa shape index (κ2) is 13.0. The van der Waals surface area contributed by atoms with Crippen LogP contribution in [0.25, 0.3) is 11.1 Å². The van der Waals surface area contributed by atoms with Gasteiger partial charge in [0.1, 0.15) is 11.6 Å². The molecular formula is C34H41N3O4. The van der Waals surface area contributed by atoms with Crippen LogP contribution in [0.1, 0.15) is 69.1 Å². The first-order chi connectivity index (χ1) is 19.6. The second-order valence-corrected chi connectivity index (χ2v) is 11.4. The molecule has 0 radical (unpaired) electrons. The predicted molar refractivity (Wildman–Crippen MR) is 163 cm³/mol. The summed E-state index contributed by atoms with van der Waals surface area (Å²) < 4.78 is 8.97. The minimum absolute atomic E-state index is 0.0722. The van der Waals surface area contributed by atoms with E-state index >= 15 is 0 Å². The van der Waals surface area contributed by atoms with E-state index in [4.69, 9.17) is 9.84 Å². The van der Waals surface area contributed by atoms with Gasteiger partial charge in [-0.1, -0.05) is 75.4 Å². The van der Waals surface area contributed by atoms with Crippen molar-refractivity contribution in [3.8, 4) is 16.9 Å². The molecule has 41 heavy (non-hydrogen) atoms. The molecule has 7 heteroatoms. The van der Waals surface area contributed by atoms with Crippen molar-refractivity contribution < 1.29 is 14.6 Å². The van der Waals surface area contributed by atoms with Crippen LogP contribution in [0.3, 0.4) is 0 Å². The molecule has 0 amide bonds. The van der Waals surface area contributed by atoms with Gasteiger partial charge in [-0.25, -0.2) is 9.48 Å². The van der Waals surface area contributed by atoms with Crippen molar-refractivity contribution >= 4 is 5.97 Å². The first-order valence-corrected chi connectivity index (χ1v) is 14.4. The highest BCUT2D eigenvalue weighted by molar-refractivity contribution is 5.74. The predicted octanol–water partition coefficient (Wildman–Crippen LogP) is 6.28. The third kappa shape index (κ3) is 7.54. The summed E-state index contributed by atoms with van der Waals surface area (Å²) in [6.07, 6.45) is 2.31. The van der Waals surface area contributed by atoms with Crippen molar-refractivity contribution in [1.82, 2.24) is 14.3 Å². The van der Waals surface area contributed by atoms with Gasteiger partial charge in [-0.15, -0.1) is 0 Å². The number of carboxylic acids is 1. The van der Waals surface area contributed by atoms with Gasteiger partial charge in [0.25, 0.3) is 0 Å². The van der Waals surface area contributed by atoms with Crippen LogP contribution in [0.5, 0.6) is 5.75 Å². The number of benzene rings is 3. The van der Waals surface area contributed by atoms with Crippen LogP contribution in [-0.2, 0) is 42.6 Å². The van der Waals surface area contributed by atoms with Crippen molar-refractivity contribution in [2.24, 2.45) is 0 Å². The highest BCUT2D eigenvalue weighted by Gasteiger charge is 2.15. The summed E-state index contributed by atoms with van der Waals surface area (Å²) in [6.45, 7) is 12.0. The molecule has 1 heterocycles. The lowest BCUT2D eigenvalue weighted by Gasteiger charge is -2.19. The van der Waals surface area contributed by atoms with E-state index in [1.54, 1.807) is 9.25 Å². The van der Waals surface area contributed by atoms with Crippen molar-refractivity contribution in [2.45, 2.75) is 78.8 Å². The molecule has 0 spiro atoms. The Morgan fingerprint density at radius 1 is 0.927 bits per heavy atom. The summed E-state index contributed by atoms with van der Waals surface area (Å²) in [5.41, 5.74) is 6.18. The van der Waals surface area contributed by atoms with Crippen LogP contribution in [-0.4, -0.2) is 32.0 Å². The summed E-state index contributed by atoms with van der Waals surface area (Å²) in [5.74, 6) is 0.534. The van der Waals surface area contributed by atoms with Gasteiger partial charge in [0.15, 0.2) is 0 Å². The minimum atomic E-state index is -0.886. The average Bonchev–Trinajstić information content (AvgIpc) is 3.23. The minimum Gasteiger partial charge on any atom is -0.494 e. The fraction of sp³-hybridized carbons (Fsp3) is 0.382. The zero-order valence-electron chi connectivity index (χ0n) is 24.8. The zero-order valence-corrected chi connectivity index (χ0v) is 24.8. The Kier molecular flexibility index (Phi) is 9.48. The molecule has 1 aromatic heterocycles. The molecule has 216 valence electrons. The lowest BCUT2D eigenvalue weighted by molar-refractivity contribution is -0.136. The van der Waals surface area contributed by atoms with E-state index < -0.39 is 5.97 Å². The summed E-state index contributed by atoms with van der Waals surface area (Å²) >= 11 is 0. The molecule has 0 aliphatic heterocycles. The number of hydrogen-bond donors (Lipinski definition) is 1. The molecule has 0 bridgehead atoms. The molecular weight excluding hydrogens is 514 g/mol. The molecule has 0 saturated heterocycles. The topological polar surface area (TPSA) is 86.4 Å². The monoisotopic (exact) mass is 555 g/mol. The van der Waals surface area contributed by atoms with Crippen molar-refractivity contribution in [2.75, 3.05) is 6.61 Å². The number of hydrogen-bond acceptors (Lipinski definition) is 4. The molecule has 0 saturated carbocycles. The summed E-state index contributed by atoms with van der Waals surface area (Å²) in [5, 5.41) is 14.0. The first-order valence-electron chi connectivity index (χ1n) is 14.4. The quantitative estimate of drug-likeness (QED) is 0.222. The standard InChI is InChI=1S/C34H41N3O4/c1-6-36-31(35-37(33(36)40)23-25-14-17-29(18-15-25)34(3,4)5)13-9-11-24-10-8-12-26(20-24)27-16-19-30(41-7-2)28(21-27)22-32(38)39/h8,10,12,14-21H,6-7,9,11,13,22-23H2,1-5H3,(H,38,39). The summed E-state index contributed by atoms with van der Waals surface area (Å²) in [4.78, 5) is 24.4. The Balaban J connectivity index is 1.45. The SMILES string of the molecule is CCOc1ccc(-c2cccc(CCCc3nn(Cc4ccc(C(C)(C)C)cc4)c(=O)n3CC)c2)cc1CC(=O)O. The van der Waals surface area contributed by atoms with Crippen LogP contribution in [0.4, 0.5) is 0 Å². The van der Waals surface area contributed by atoms with Crippen molar-refractivity contribution in [3.05, 3.63) is 105 Å². The fourth-order valence-corrected chi connectivity index (χ4v) is 5.09. The van der Waals surface area contributed by atoms with E-state index in [0.717, 1.165) is 35.4 Å². The smallest absolute Gasteiger partial charge is 0.346 e. The Hall–Kier alpha value is -4.13. The molecule has 0 fully saturated rings. The molecule has 7 nitrogen and oxygen atoms in total. The number of aryl methyl sites for hydroxylation is 2. The van der Waals surface area contributed by atoms with Gasteiger partial charge in [0.05, 0.1) is 19.6 Å². The maximum Gasteiger partial charge on any atom is 0.346 e. The second-order valence-electron chi connectivity index (χ2n) is 11.4. The largest absolute Gasteiger partial charge is 0.494 e. The molecule has 0 aliphatic carbocycles. The van der Waals surface area contributed by atoms with Gasteiger partial charge in [-0.05, 0) is 72.1 Å². The Labute approximate surface area is 242 Å². The van der Waals surface area contributed by atoms with Crippen LogP contribution in [0.2, 0.25) is 0 Å². The number of carbonyl (C=O) groups is 1. The third-order valence-electron chi connectivity index (χ3n) is 7.30. The number of carboxylic acid groups (broad SMARTS) is 1. The highest BCUT2D eigenvalue weighted by atomic mass is 16.5. The van der Waals surface area contributed by atoms with Crippen LogP contribution < -0.4 is 10.4 Å². The lowest BCUT2D eigenvalue weighted by atomic mass is 9.87. The molecule has 4 rings (SSSR count). The summed E-state index contributed by atoms with van der Waals surface area (Å²) in [6, 6.07) is 22.5. The van der Waals surface area contributed by atoms with E-state index in [9.17, 15) is 14.7 Å². The number of rotatable bonds is 12. The molecule has 4 aromatic rings. The molecule has 3 aromatic carbocycles. The normalized spacial score (nSPS) is 11.5. The highest BCUT2D eigenvalue weighted by Crippen LogP contribution is 2.28. The van der Waals surface area contributed by atoms with Gasteiger partial charge in [-0.3, -0.25) is 9.36 Å².